The quantitative estimate of drug-likeness (QED) is 0.787. The Morgan fingerprint density at radius 2 is 1.75 bits per heavy atom. The van der Waals surface area contributed by atoms with Gasteiger partial charge in [0.1, 0.15) is 0 Å². The lowest BCUT2D eigenvalue weighted by molar-refractivity contribution is 0.0526. The van der Waals surface area contributed by atoms with Crippen molar-refractivity contribution in [3.63, 3.8) is 0 Å². The van der Waals surface area contributed by atoms with E-state index in [1.54, 1.807) is 31.2 Å². The third-order valence-electron chi connectivity index (χ3n) is 2.97. The van der Waals surface area contributed by atoms with Gasteiger partial charge in [-0.05, 0) is 55.0 Å². The topological polar surface area (TPSA) is 72.5 Å². The van der Waals surface area contributed by atoms with Crippen LogP contribution in [0.3, 0.4) is 0 Å². The molecule has 0 fully saturated rings. The van der Waals surface area contributed by atoms with Gasteiger partial charge in [0.25, 0.3) is 10.0 Å². The lowest BCUT2D eigenvalue weighted by atomic mass is 10.2. The van der Waals surface area contributed by atoms with Gasteiger partial charge in [-0.2, -0.15) is 0 Å². The van der Waals surface area contributed by atoms with Crippen LogP contribution in [0.5, 0.6) is 0 Å². The van der Waals surface area contributed by atoms with E-state index >= 15 is 0 Å². The molecule has 2 aromatic carbocycles. The molecule has 5 nitrogen and oxygen atoms in total. The molecule has 0 unspecified atom stereocenters. The van der Waals surface area contributed by atoms with Crippen LogP contribution >= 0.6 is 11.6 Å². The van der Waals surface area contributed by atoms with Crippen LogP contribution in [0, 0.1) is 0 Å². The van der Waals surface area contributed by atoms with Gasteiger partial charge in [0.15, 0.2) is 0 Å². The van der Waals surface area contributed by atoms with Gasteiger partial charge in [-0.1, -0.05) is 23.7 Å². The van der Waals surface area contributed by atoms with E-state index in [-0.39, 0.29) is 6.61 Å². The molecule has 0 radical (unpaired) electrons. The normalized spacial score (nSPS) is 11.4. The number of benzene rings is 2. The molecule has 0 aromatic heterocycles. The van der Waals surface area contributed by atoms with Crippen LogP contribution in [0.4, 0.5) is 5.69 Å². The molecule has 0 saturated heterocycles. The highest BCUT2D eigenvalue weighted by Crippen LogP contribution is 2.14. The van der Waals surface area contributed by atoms with E-state index in [0.717, 1.165) is 5.41 Å². The zero-order valence-electron chi connectivity index (χ0n) is 12.9. The molecule has 0 heterocycles. The first-order valence-corrected chi connectivity index (χ1v) is 9.06. The Balaban J connectivity index is 2.06. The molecule has 1 N–H and O–H groups in total. The molecule has 0 saturated carbocycles. The molecular weight excluding hydrogens is 350 g/mol. The maximum atomic E-state index is 12.0. The Morgan fingerprint density at radius 1 is 1.12 bits per heavy atom. The molecule has 24 heavy (non-hydrogen) atoms. The molecular formula is C17H16ClNO4S. The summed E-state index contributed by atoms with van der Waals surface area (Å²) >= 11 is 5.78. The van der Waals surface area contributed by atoms with Gasteiger partial charge in [0, 0.05) is 10.7 Å². The Kier molecular flexibility index (Phi) is 6.00. The van der Waals surface area contributed by atoms with E-state index in [0.29, 0.717) is 21.8 Å². The first-order chi connectivity index (χ1) is 11.4. The van der Waals surface area contributed by atoms with Crippen molar-refractivity contribution >= 4 is 39.4 Å². The van der Waals surface area contributed by atoms with Gasteiger partial charge in [-0.25, -0.2) is 13.2 Å². The molecule has 0 aliphatic carbocycles. The Morgan fingerprint density at radius 3 is 2.33 bits per heavy atom. The van der Waals surface area contributed by atoms with E-state index in [1.165, 1.54) is 30.3 Å². The molecule has 2 rings (SSSR count). The standard InChI is InChI=1S/C17H16ClNO4S/c1-2-23-17(20)14-5-9-16(10-6-14)19-24(21,22)12-11-13-3-7-15(18)8-4-13/h3-12,19H,2H2,1H3/b12-11+. The SMILES string of the molecule is CCOC(=O)c1ccc(NS(=O)(=O)/C=C/c2ccc(Cl)cc2)cc1. The minimum absolute atomic E-state index is 0.280. The monoisotopic (exact) mass is 365 g/mol. The van der Waals surface area contributed by atoms with Crippen molar-refractivity contribution in [3.05, 3.63) is 70.1 Å². The number of hydrogen-bond donors (Lipinski definition) is 1. The third kappa shape index (κ3) is 5.40. The van der Waals surface area contributed by atoms with Crippen molar-refractivity contribution in [3.8, 4) is 0 Å². The number of carbonyl (C=O) groups excluding carboxylic acids is 1. The molecule has 126 valence electrons. The highest BCUT2D eigenvalue weighted by Gasteiger charge is 2.08. The summed E-state index contributed by atoms with van der Waals surface area (Å²) in [5, 5.41) is 1.64. The van der Waals surface area contributed by atoms with Crippen LogP contribution in [0.15, 0.2) is 53.9 Å². The molecule has 0 bridgehead atoms. The van der Waals surface area contributed by atoms with Crippen LogP contribution in [-0.4, -0.2) is 21.0 Å². The summed E-state index contributed by atoms with van der Waals surface area (Å²) in [7, 11) is -3.67. The van der Waals surface area contributed by atoms with Gasteiger partial charge >= 0.3 is 5.97 Å². The van der Waals surface area contributed by atoms with Crippen molar-refractivity contribution in [2.24, 2.45) is 0 Å². The highest BCUT2D eigenvalue weighted by atomic mass is 35.5. The first-order valence-electron chi connectivity index (χ1n) is 7.13. The second-order valence-electron chi connectivity index (χ2n) is 4.80. The van der Waals surface area contributed by atoms with E-state index in [1.807, 2.05) is 0 Å². The molecule has 2 aromatic rings. The van der Waals surface area contributed by atoms with Crippen LogP contribution in [0.25, 0.3) is 6.08 Å². The number of rotatable bonds is 6. The maximum absolute atomic E-state index is 12.0. The summed E-state index contributed by atoms with van der Waals surface area (Å²) in [6, 6.07) is 12.8. The minimum atomic E-state index is -3.67. The molecule has 0 amide bonds. The number of hydrogen-bond acceptors (Lipinski definition) is 4. The minimum Gasteiger partial charge on any atom is -0.462 e. The maximum Gasteiger partial charge on any atom is 0.338 e. The fourth-order valence-electron chi connectivity index (χ4n) is 1.83. The zero-order chi connectivity index (χ0) is 17.6. The smallest absolute Gasteiger partial charge is 0.338 e. The number of carbonyl (C=O) groups is 1. The Labute approximate surface area is 146 Å². The van der Waals surface area contributed by atoms with Crippen molar-refractivity contribution in [1.29, 1.82) is 0 Å². The Hall–Kier alpha value is -2.31. The van der Waals surface area contributed by atoms with E-state index < -0.39 is 16.0 Å². The summed E-state index contributed by atoms with van der Waals surface area (Å²) in [4.78, 5) is 11.5. The van der Waals surface area contributed by atoms with Gasteiger partial charge in [-0.15, -0.1) is 0 Å². The molecule has 0 spiro atoms. The number of halogens is 1. The van der Waals surface area contributed by atoms with Crippen molar-refractivity contribution in [2.75, 3.05) is 11.3 Å². The molecule has 0 aliphatic rings. The number of ether oxygens (including phenoxy) is 1. The lowest BCUT2D eigenvalue weighted by Crippen LogP contribution is -2.09. The number of esters is 1. The fraction of sp³-hybridized carbons (Fsp3) is 0.118. The average molecular weight is 366 g/mol. The summed E-state index contributed by atoms with van der Waals surface area (Å²) in [6.45, 7) is 2.00. The summed E-state index contributed by atoms with van der Waals surface area (Å²) < 4.78 is 31.4. The number of sulfonamides is 1. The van der Waals surface area contributed by atoms with Crippen LogP contribution < -0.4 is 4.72 Å². The van der Waals surface area contributed by atoms with Gasteiger partial charge < -0.3 is 4.74 Å². The second-order valence-corrected chi connectivity index (χ2v) is 6.80. The predicted octanol–water partition coefficient (Wildman–Crippen LogP) is 3.93. The fourth-order valence-corrected chi connectivity index (χ4v) is 2.82. The first kappa shape index (κ1) is 18.0. The van der Waals surface area contributed by atoms with E-state index in [2.05, 4.69) is 4.72 Å². The van der Waals surface area contributed by atoms with Crippen molar-refractivity contribution < 1.29 is 17.9 Å². The third-order valence-corrected chi connectivity index (χ3v) is 4.23. The molecule has 0 atom stereocenters. The van der Waals surface area contributed by atoms with Crippen LogP contribution in [0.1, 0.15) is 22.8 Å². The average Bonchev–Trinajstić information content (AvgIpc) is 2.55. The highest BCUT2D eigenvalue weighted by molar-refractivity contribution is 7.95. The molecule has 0 aliphatic heterocycles. The van der Waals surface area contributed by atoms with Gasteiger partial charge in [0.05, 0.1) is 17.6 Å². The lowest BCUT2D eigenvalue weighted by Gasteiger charge is -2.06. The van der Waals surface area contributed by atoms with E-state index in [4.69, 9.17) is 16.3 Å². The molecule has 7 heteroatoms. The van der Waals surface area contributed by atoms with Crippen molar-refractivity contribution in [2.45, 2.75) is 6.92 Å². The predicted molar refractivity (Wildman–Crippen MR) is 95.4 cm³/mol. The van der Waals surface area contributed by atoms with Crippen LogP contribution in [-0.2, 0) is 14.8 Å². The number of anilines is 1. The Bertz CT molecular complexity index is 828. The summed E-state index contributed by atoms with van der Waals surface area (Å²) in [6.07, 6.45) is 1.46. The van der Waals surface area contributed by atoms with Crippen LogP contribution in [0.2, 0.25) is 5.02 Å². The summed E-state index contributed by atoms with van der Waals surface area (Å²) in [5.74, 6) is -0.449. The van der Waals surface area contributed by atoms with Gasteiger partial charge in [-0.3, -0.25) is 4.72 Å². The van der Waals surface area contributed by atoms with Gasteiger partial charge in [0.2, 0.25) is 0 Å². The zero-order valence-corrected chi connectivity index (χ0v) is 14.5. The van der Waals surface area contributed by atoms with Crippen molar-refractivity contribution in [1.82, 2.24) is 0 Å². The summed E-state index contributed by atoms with van der Waals surface area (Å²) in [5.41, 5.74) is 1.42. The number of nitrogens with one attached hydrogen (secondary N) is 1. The largest absolute Gasteiger partial charge is 0.462 e. The second kappa shape index (κ2) is 7.99. The van der Waals surface area contributed by atoms with E-state index in [9.17, 15) is 13.2 Å².